The van der Waals surface area contributed by atoms with Crippen molar-refractivity contribution in [3.63, 3.8) is 0 Å². The largest absolute Gasteiger partial charge is 0.454 e. The minimum Gasteiger partial charge on any atom is -0.454 e. The zero-order chi connectivity index (χ0) is 16.8. The Morgan fingerprint density at radius 1 is 1.22 bits per heavy atom. The van der Waals surface area contributed by atoms with E-state index in [4.69, 9.17) is 26.9 Å². The molecule has 1 heterocycles. The van der Waals surface area contributed by atoms with Gasteiger partial charge in [0.05, 0.1) is 5.69 Å². The number of ether oxygens (including phenoxy) is 1. The average Bonchev–Trinajstić information content (AvgIpc) is 2.52. The van der Waals surface area contributed by atoms with Gasteiger partial charge in [-0.25, -0.2) is 13.8 Å². The number of halogens is 3. The highest BCUT2D eigenvalue weighted by Gasteiger charge is 2.12. The van der Waals surface area contributed by atoms with E-state index in [-0.39, 0.29) is 27.9 Å². The predicted molar refractivity (Wildman–Crippen MR) is 78.6 cm³/mol. The average molecular weight is 333 g/mol. The summed E-state index contributed by atoms with van der Waals surface area (Å²) < 4.78 is 33.1. The Morgan fingerprint density at radius 3 is 2.61 bits per heavy atom. The Morgan fingerprint density at radius 2 is 1.96 bits per heavy atom. The van der Waals surface area contributed by atoms with E-state index < -0.39 is 11.6 Å². The molecule has 0 radical (unpaired) electrons. The molecular formula is C15H7ClF2N4O. The molecule has 23 heavy (non-hydrogen) atoms. The number of allylic oxidation sites excluding steroid dienone is 1. The first-order chi connectivity index (χ1) is 11.0. The summed E-state index contributed by atoms with van der Waals surface area (Å²) in [4.78, 5) is 3.74. The van der Waals surface area contributed by atoms with Gasteiger partial charge in [0, 0.05) is 30.6 Å². The first-order valence-corrected chi connectivity index (χ1v) is 6.46. The molecule has 0 saturated carbocycles. The van der Waals surface area contributed by atoms with Crippen LogP contribution in [0.25, 0.3) is 0 Å². The van der Waals surface area contributed by atoms with E-state index >= 15 is 0 Å². The molecular weight excluding hydrogens is 326 g/mol. The molecule has 2 rings (SSSR count). The van der Waals surface area contributed by atoms with Crippen molar-refractivity contribution < 1.29 is 13.5 Å². The molecule has 0 spiro atoms. The number of hydrogen-bond donors (Lipinski definition) is 1. The number of aromatic nitrogens is 1. The number of nitrogens with one attached hydrogen (secondary N) is 1. The van der Waals surface area contributed by atoms with Gasteiger partial charge >= 0.3 is 0 Å². The van der Waals surface area contributed by atoms with E-state index in [0.717, 1.165) is 18.3 Å². The fourth-order valence-electron chi connectivity index (χ4n) is 1.53. The second-order valence-electron chi connectivity index (χ2n) is 4.10. The van der Waals surface area contributed by atoms with Crippen LogP contribution in [0.1, 0.15) is 0 Å². The molecule has 0 unspecified atom stereocenters. The van der Waals surface area contributed by atoms with Crippen LogP contribution in [-0.2, 0) is 0 Å². The lowest BCUT2D eigenvalue weighted by Gasteiger charge is -2.09. The molecule has 2 aromatic rings. The van der Waals surface area contributed by atoms with Crippen LogP contribution in [0.3, 0.4) is 0 Å². The molecule has 0 bridgehead atoms. The van der Waals surface area contributed by atoms with Crippen molar-refractivity contribution in [3.05, 3.63) is 59.0 Å². The molecule has 5 nitrogen and oxygen atoms in total. The van der Waals surface area contributed by atoms with Crippen LogP contribution in [0.5, 0.6) is 11.5 Å². The Bertz CT molecular complexity index is 840. The number of rotatable bonds is 4. The summed E-state index contributed by atoms with van der Waals surface area (Å²) in [5.41, 5.74) is -0.526. The minimum atomic E-state index is -0.842. The molecule has 0 aliphatic rings. The van der Waals surface area contributed by atoms with E-state index in [9.17, 15) is 8.78 Å². The van der Waals surface area contributed by atoms with Gasteiger partial charge in [-0.2, -0.15) is 10.5 Å². The summed E-state index contributed by atoms with van der Waals surface area (Å²) in [6.45, 7) is 0. The molecule has 0 saturated heterocycles. The zero-order valence-electron chi connectivity index (χ0n) is 11.3. The van der Waals surface area contributed by atoms with Crippen LogP contribution in [0.4, 0.5) is 14.5 Å². The van der Waals surface area contributed by atoms with Crippen LogP contribution >= 0.6 is 11.6 Å². The number of nitriles is 2. The summed E-state index contributed by atoms with van der Waals surface area (Å²) in [6, 6.07) is 7.62. The van der Waals surface area contributed by atoms with Gasteiger partial charge in [-0.1, -0.05) is 11.6 Å². The van der Waals surface area contributed by atoms with Crippen LogP contribution in [0.2, 0.25) is 5.15 Å². The van der Waals surface area contributed by atoms with Crippen molar-refractivity contribution in [1.29, 1.82) is 10.5 Å². The van der Waals surface area contributed by atoms with E-state index in [1.165, 1.54) is 18.3 Å². The summed E-state index contributed by atoms with van der Waals surface area (Å²) >= 11 is 5.68. The normalized spacial score (nSPS) is 9.43. The Hall–Kier alpha value is -3.16. The molecule has 1 aromatic heterocycles. The smallest absolute Gasteiger partial charge is 0.168 e. The zero-order valence-corrected chi connectivity index (χ0v) is 12.1. The Kier molecular flexibility index (Phi) is 5.08. The lowest BCUT2D eigenvalue weighted by molar-refractivity contribution is 0.436. The summed E-state index contributed by atoms with van der Waals surface area (Å²) in [5.74, 6) is -1.82. The quantitative estimate of drug-likeness (QED) is 0.672. The van der Waals surface area contributed by atoms with Crippen molar-refractivity contribution in [1.82, 2.24) is 4.98 Å². The van der Waals surface area contributed by atoms with E-state index in [0.29, 0.717) is 0 Å². The molecule has 0 fully saturated rings. The highest BCUT2D eigenvalue weighted by molar-refractivity contribution is 6.29. The minimum absolute atomic E-state index is 0.146. The van der Waals surface area contributed by atoms with Crippen LogP contribution in [0, 0.1) is 34.3 Å². The number of anilines is 1. The maximum atomic E-state index is 14.0. The summed E-state index contributed by atoms with van der Waals surface area (Å²) in [6.07, 6.45) is 2.33. The molecule has 0 atom stereocenters. The maximum absolute atomic E-state index is 14.0. The van der Waals surface area contributed by atoms with Crippen LogP contribution in [-0.4, -0.2) is 4.98 Å². The van der Waals surface area contributed by atoms with Gasteiger partial charge in [0.2, 0.25) is 0 Å². The number of nitrogens with zero attached hydrogens (tertiary/aromatic N) is 3. The van der Waals surface area contributed by atoms with Crippen molar-refractivity contribution in [2.24, 2.45) is 0 Å². The fourth-order valence-corrected chi connectivity index (χ4v) is 1.70. The number of benzene rings is 1. The highest BCUT2D eigenvalue weighted by atomic mass is 35.5. The van der Waals surface area contributed by atoms with Crippen molar-refractivity contribution in [2.75, 3.05) is 5.32 Å². The molecule has 1 N–H and O–H groups in total. The topological polar surface area (TPSA) is 81.7 Å². The SMILES string of the molecule is N#CC(C#N)=CNc1cc(F)c(Oc2ccnc(Cl)c2)cc1F. The second kappa shape index (κ2) is 7.21. The lowest BCUT2D eigenvalue weighted by atomic mass is 10.2. The summed E-state index contributed by atoms with van der Waals surface area (Å²) in [7, 11) is 0. The molecule has 114 valence electrons. The lowest BCUT2D eigenvalue weighted by Crippen LogP contribution is -1.97. The fraction of sp³-hybridized carbons (Fsp3) is 0. The van der Waals surface area contributed by atoms with Gasteiger partial charge in [0.15, 0.2) is 17.4 Å². The molecule has 8 heteroatoms. The van der Waals surface area contributed by atoms with Gasteiger partial charge < -0.3 is 10.1 Å². The van der Waals surface area contributed by atoms with Crippen LogP contribution in [0.15, 0.2) is 42.2 Å². The van der Waals surface area contributed by atoms with Gasteiger partial charge in [-0.05, 0) is 6.07 Å². The van der Waals surface area contributed by atoms with Gasteiger partial charge in [-0.3, -0.25) is 0 Å². The van der Waals surface area contributed by atoms with Crippen molar-refractivity contribution >= 4 is 17.3 Å². The maximum Gasteiger partial charge on any atom is 0.168 e. The predicted octanol–water partition coefficient (Wildman–Crippen LogP) is 4.15. The Balaban J connectivity index is 2.26. The van der Waals surface area contributed by atoms with Gasteiger partial charge in [-0.15, -0.1) is 0 Å². The van der Waals surface area contributed by atoms with E-state index in [1.807, 2.05) is 0 Å². The first-order valence-electron chi connectivity index (χ1n) is 6.09. The highest BCUT2D eigenvalue weighted by Crippen LogP contribution is 2.29. The number of hydrogen-bond acceptors (Lipinski definition) is 5. The summed E-state index contributed by atoms with van der Waals surface area (Å²) in [5, 5.41) is 19.6. The molecule has 0 amide bonds. The standard InChI is InChI=1S/C15H7ClF2N4O/c16-15-3-10(1-2-21-15)23-14-5-11(17)13(4-12(14)18)22-8-9(6-19)7-20/h1-5,8,22H. The monoisotopic (exact) mass is 332 g/mol. The molecule has 1 aromatic carbocycles. The van der Waals surface area contributed by atoms with Crippen LogP contribution < -0.4 is 10.1 Å². The molecule has 0 aliphatic heterocycles. The number of pyridine rings is 1. The second-order valence-corrected chi connectivity index (χ2v) is 4.49. The van der Waals surface area contributed by atoms with Gasteiger partial charge in [0.1, 0.15) is 28.6 Å². The van der Waals surface area contributed by atoms with E-state index in [1.54, 1.807) is 12.1 Å². The molecule has 0 aliphatic carbocycles. The van der Waals surface area contributed by atoms with Crippen molar-refractivity contribution in [2.45, 2.75) is 0 Å². The third-order valence-corrected chi connectivity index (χ3v) is 2.77. The first kappa shape index (κ1) is 16.2. The Labute approximate surface area is 135 Å². The third-order valence-electron chi connectivity index (χ3n) is 2.56. The van der Waals surface area contributed by atoms with E-state index in [2.05, 4.69) is 10.3 Å². The van der Waals surface area contributed by atoms with Crippen molar-refractivity contribution in [3.8, 4) is 23.6 Å². The van der Waals surface area contributed by atoms with Gasteiger partial charge in [0.25, 0.3) is 0 Å². The third kappa shape index (κ3) is 4.16.